The molecule has 2 aromatic rings. The molecule has 30 heavy (non-hydrogen) atoms. The van der Waals surface area contributed by atoms with Gasteiger partial charge in [-0.2, -0.15) is 0 Å². The molecule has 0 unspecified atom stereocenters. The van der Waals surface area contributed by atoms with E-state index in [1.807, 2.05) is 27.8 Å². The molecule has 0 spiro atoms. The van der Waals surface area contributed by atoms with E-state index in [4.69, 9.17) is 4.74 Å². The van der Waals surface area contributed by atoms with Crippen molar-refractivity contribution in [2.75, 3.05) is 23.8 Å². The Bertz CT molecular complexity index is 819. The van der Waals surface area contributed by atoms with Crippen LogP contribution in [0.1, 0.15) is 19.5 Å². The third-order valence-corrected chi connectivity index (χ3v) is 3.31. The van der Waals surface area contributed by atoms with E-state index in [0.29, 0.717) is 12.2 Å². The molecule has 8 nitrogen and oxygen atoms in total. The maximum Gasteiger partial charge on any atom is 1.00 e. The normalized spacial score (nSPS) is 11.5. The van der Waals surface area contributed by atoms with E-state index in [1.165, 1.54) is 24.3 Å². The van der Waals surface area contributed by atoms with Crippen LogP contribution in [0.2, 0.25) is 0 Å². The van der Waals surface area contributed by atoms with E-state index in [9.17, 15) is 14.0 Å². The summed E-state index contributed by atoms with van der Waals surface area (Å²) in [6.07, 6.45) is 1.88. The smallest absolute Gasteiger partial charge is 0.410 e. The summed E-state index contributed by atoms with van der Waals surface area (Å²) in [5.74, 6) is 0.578. The third kappa shape index (κ3) is 9.06. The van der Waals surface area contributed by atoms with Crippen LogP contribution in [-0.2, 0) is 4.79 Å². The average Bonchev–Trinajstić information content (AvgIpc) is 2.66. The molecule has 1 aliphatic rings. The van der Waals surface area contributed by atoms with Gasteiger partial charge in [-0.15, -0.1) is 0 Å². The van der Waals surface area contributed by atoms with Gasteiger partial charge in [0.2, 0.25) is 5.91 Å². The summed E-state index contributed by atoms with van der Waals surface area (Å²) in [4.78, 5) is 31.8. The number of aryl methyl sites for hydroxylation is 1. The zero-order valence-electron chi connectivity index (χ0n) is 18.0. The van der Waals surface area contributed by atoms with Crippen LogP contribution in [0.15, 0.2) is 24.3 Å². The number of anilines is 2. The van der Waals surface area contributed by atoms with E-state index in [2.05, 4.69) is 40.8 Å². The number of ether oxygens (including phenoxy) is 1. The van der Waals surface area contributed by atoms with Gasteiger partial charge >= 0.3 is 35.7 Å². The zero-order valence-corrected chi connectivity index (χ0v) is 20.0. The summed E-state index contributed by atoms with van der Waals surface area (Å²) in [5.41, 5.74) is 1.43. The second-order valence-corrected chi connectivity index (χ2v) is 5.70. The Morgan fingerprint density at radius 3 is 2.47 bits per heavy atom. The summed E-state index contributed by atoms with van der Waals surface area (Å²) in [5, 5.41) is 5.06. The number of hydrogen-bond donors (Lipinski definition) is 2. The summed E-state index contributed by atoms with van der Waals surface area (Å²) >= 11 is 0. The molecule has 1 aromatic carbocycles. The minimum absolute atomic E-state index is 0. The van der Waals surface area contributed by atoms with Crippen molar-refractivity contribution in [3.8, 4) is 5.75 Å². The van der Waals surface area contributed by atoms with Gasteiger partial charge in [0, 0.05) is 12.1 Å². The van der Waals surface area contributed by atoms with Gasteiger partial charge in [-0.1, -0.05) is 20.8 Å². The van der Waals surface area contributed by atoms with Crippen LogP contribution in [0.25, 0.3) is 0 Å². The number of fused-ring (bicyclic) bond motifs is 1. The van der Waals surface area contributed by atoms with Gasteiger partial charge in [0.15, 0.2) is 0 Å². The van der Waals surface area contributed by atoms with Crippen LogP contribution in [0.4, 0.5) is 20.7 Å². The number of nitrogens with zero attached hydrogens (tertiary/aromatic N) is 3. The van der Waals surface area contributed by atoms with Gasteiger partial charge in [0.1, 0.15) is 11.6 Å². The Morgan fingerprint density at radius 1 is 1.30 bits per heavy atom. The van der Waals surface area contributed by atoms with Crippen LogP contribution in [0, 0.1) is 32.9 Å². The summed E-state index contributed by atoms with van der Waals surface area (Å²) in [6.45, 7) is 13.0. The van der Waals surface area contributed by atoms with Crippen molar-refractivity contribution < 1.29 is 48.3 Å². The molecule has 2 heterocycles. The van der Waals surface area contributed by atoms with Crippen LogP contribution in [0.5, 0.6) is 5.75 Å². The molecular weight excluding hydrogens is 400 g/mol. The minimum Gasteiger partial charge on any atom is -0.410 e. The molecule has 2 amide bonds. The second-order valence-electron chi connectivity index (χ2n) is 5.70. The summed E-state index contributed by atoms with van der Waals surface area (Å²) < 4.78 is 17.2. The molecule has 0 fully saturated rings. The molecule has 1 aliphatic heterocycles. The van der Waals surface area contributed by atoms with Crippen molar-refractivity contribution in [2.24, 2.45) is 0 Å². The fourth-order valence-electron chi connectivity index (χ4n) is 2.12. The van der Waals surface area contributed by atoms with Crippen molar-refractivity contribution in [2.45, 2.75) is 26.8 Å². The number of halogens is 1. The fourth-order valence-corrected chi connectivity index (χ4v) is 2.12. The number of rotatable bonds is 2. The fraction of sp³-hybridized carbons (Fsp3) is 0.300. The van der Waals surface area contributed by atoms with E-state index in [1.54, 1.807) is 4.90 Å². The molecule has 10 heteroatoms. The Labute approximate surface area is 198 Å². The van der Waals surface area contributed by atoms with Crippen molar-refractivity contribution in [1.82, 2.24) is 15.3 Å². The van der Waals surface area contributed by atoms with Gasteiger partial charge in [-0.05, 0) is 42.7 Å². The standard InChI is InChI=1S/C10H10FNO2.C8H9N4O.C2H6.Na/c1-7(2)12-10(13)14-9-5-3-8(11)4-6-9;1-5-7-8(10-4-9-5)12(2)3-6(13)11-7;1-2;/h3-7H,1-2H2,(H,12,13);3H2,1-2H3,(H,11,13);1-2H3;/q-2;-1;;+1. The first-order valence-electron chi connectivity index (χ1n) is 8.92. The Morgan fingerprint density at radius 2 is 1.90 bits per heavy atom. The van der Waals surface area contributed by atoms with E-state index < -0.39 is 12.1 Å². The number of hydrogen-bond acceptors (Lipinski definition) is 6. The number of nitrogens with one attached hydrogen (secondary N) is 2. The van der Waals surface area contributed by atoms with E-state index in [-0.39, 0.29) is 47.0 Å². The quantitative estimate of drug-likeness (QED) is 0.518. The molecule has 0 saturated heterocycles. The molecule has 1 aromatic heterocycles. The molecule has 2 N–H and O–H groups in total. The molecule has 0 radical (unpaired) electrons. The second kappa shape index (κ2) is 13.9. The summed E-state index contributed by atoms with van der Waals surface area (Å²) in [6, 6.07) is 4.64. The SMILES string of the molecule is CC.Cc1n[c-]nc2c1NC(=O)CN2C.[CH2-]C([CH2-])NC(=O)Oc1ccc(F)cc1.[Na+]. The van der Waals surface area contributed by atoms with Crippen LogP contribution in [-0.4, -0.2) is 41.6 Å². The minimum atomic E-state index is -0.661. The first-order valence-corrected chi connectivity index (χ1v) is 8.92. The van der Waals surface area contributed by atoms with Crippen LogP contribution in [0.3, 0.4) is 0 Å². The monoisotopic (exact) mass is 425 g/mol. The number of benzene rings is 1. The van der Waals surface area contributed by atoms with E-state index >= 15 is 0 Å². The molecule has 3 rings (SSSR count). The average molecular weight is 425 g/mol. The number of likely N-dealkylation sites (N-methyl/N-ethyl adjacent to an activating group) is 1. The van der Waals surface area contributed by atoms with Crippen LogP contribution < -0.4 is 49.8 Å². The van der Waals surface area contributed by atoms with Gasteiger partial charge in [-0.25, -0.2) is 15.2 Å². The first-order chi connectivity index (χ1) is 13.8. The molecule has 0 saturated carbocycles. The maximum atomic E-state index is 12.5. The Hall–Kier alpha value is -2.23. The van der Waals surface area contributed by atoms with Gasteiger partial charge in [0.05, 0.1) is 6.54 Å². The predicted octanol–water partition coefficient (Wildman–Crippen LogP) is -0.0454. The molecular formula is C20H25FN5NaO3-2. The largest absolute Gasteiger partial charge is 1.00 e. The van der Waals surface area contributed by atoms with Crippen LogP contribution >= 0.6 is 0 Å². The molecule has 0 aliphatic carbocycles. The predicted molar refractivity (Wildman–Crippen MR) is 109 cm³/mol. The van der Waals surface area contributed by atoms with Crippen molar-refractivity contribution in [3.05, 3.63) is 56.0 Å². The number of carbonyl (C=O) groups excluding carboxylic acids is 2. The molecule has 0 bridgehead atoms. The first kappa shape index (κ1) is 27.8. The van der Waals surface area contributed by atoms with Crippen molar-refractivity contribution in [1.29, 1.82) is 0 Å². The van der Waals surface area contributed by atoms with Gasteiger partial charge in [0.25, 0.3) is 0 Å². The molecule has 0 atom stereocenters. The van der Waals surface area contributed by atoms with E-state index in [0.717, 1.165) is 11.5 Å². The molecule has 158 valence electrons. The third-order valence-electron chi connectivity index (χ3n) is 3.31. The Kier molecular flexibility index (Phi) is 12.9. The van der Waals surface area contributed by atoms with Gasteiger partial charge < -0.3 is 44.1 Å². The number of amides is 2. The van der Waals surface area contributed by atoms with Crippen molar-refractivity contribution >= 4 is 23.5 Å². The van der Waals surface area contributed by atoms with Crippen molar-refractivity contribution in [3.63, 3.8) is 0 Å². The topological polar surface area (TPSA) is 96.5 Å². The Balaban J connectivity index is 0.000000503. The van der Waals surface area contributed by atoms with Gasteiger partial charge in [-0.3, -0.25) is 4.79 Å². The zero-order chi connectivity index (χ0) is 22.0. The summed E-state index contributed by atoms with van der Waals surface area (Å²) in [7, 11) is 1.82. The number of aromatic nitrogens is 2. The number of carbonyl (C=O) groups is 2. The maximum absolute atomic E-state index is 12.5.